The van der Waals surface area contributed by atoms with E-state index in [-0.39, 0.29) is 18.6 Å². The van der Waals surface area contributed by atoms with E-state index in [0.717, 1.165) is 5.56 Å². The van der Waals surface area contributed by atoms with Crippen molar-refractivity contribution >= 4 is 23.1 Å². The minimum absolute atomic E-state index is 0.0804. The number of hydrogen-bond acceptors (Lipinski definition) is 5. The number of Topliss-reactive ketones (excluding diaryl/α,β-unsaturated/α-hetero) is 1. The lowest BCUT2D eigenvalue weighted by atomic mass is 10.1. The molecule has 2 unspecified atom stereocenters. The number of esters is 1. The number of methoxy groups -OCH3 is 1. The Kier molecular flexibility index (Phi) is 7.87. The van der Waals surface area contributed by atoms with Crippen molar-refractivity contribution in [2.45, 2.75) is 37.6 Å². The van der Waals surface area contributed by atoms with E-state index in [2.05, 4.69) is 9.46 Å². The van der Waals surface area contributed by atoms with Crippen LogP contribution in [0.15, 0.2) is 41.3 Å². The maximum Gasteiger partial charge on any atom is 0.313 e. The van der Waals surface area contributed by atoms with Crippen LogP contribution in [-0.4, -0.2) is 29.5 Å². The molecule has 22 heavy (non-hydrogen) atoms. The number of ether oxygens (including phenoxy) is 1. The van der Waals surface area contributed by atoms with Crippen LogP contribution in [-0.2, 0) is 25.7 Å². The number of rotatable bonds is 8. The number of carbonyl (C=O) groups is 2. The van der Waals surface area contributed by atoms with Crippen LogP contribution in [0, 0.1) is 6.92 Å². The fourth-order valence-electron chi connectivity index (χ4n) is 1.80. The zero-order valence-corrected chi connectivity index (χ0v) is 13.8. The van der Waals surface area contributed by atoms with Gasteiger partial charge in [0, 0.05) is 6.42 Å². The van der Waals surface area contributed by atoms with Crippen LogP contribution in [0.2, 0.25) is 0 Å². The van der Waals surface area contributed by atoms with Crippen LogP contribution in [0.1, 0.15) is 25.3 Å². The number of allylic oxidation sites excluding steroid dienone is 1. The Morgan fingerprint density at radius 2 is 2.00 bits per heavy atom. The van der Waals surface area contributed by atoms with Crippen molar-refractivity contribution in [3.05, 3.63) is 42.0 Å². The van der Waals surface area contributed by atoms with Gasteiger partial charge < -0.3 is 9.29 Å². The molecule has 0 aliphatic rings. The van der Waals surface area contributed by atoms with Crippen LogP contribution in [0.25, 0.3) is 0 Å². The second kappa shape index (κ2) is 9.40. The highest BCUT2D eigenvalue weighted by Crippen LogP contribution is 2.12. The second-order valence-corrected chi connectivity index (χ2v) is 6.07. The third kappa shape index (κ3) is 6.43. The van der Waals surface area contributed by atoms with Gasteiger partial charge in [-0.3, -0.25) is 9.59 Å². The minimum Gasteiger partial charge on any atom is -0.593 e. The topological polar surface area (TPSA) is 78.5 Å². The number of hydrogen-bond donors (Lipinski definition) is 1. The summed E-state index contributed by atoms with van der Waals surface area (Å²) in [6.07, 6.45) is 3.33. The average molecular weight is 323 g/mol. The number of ketones is 1. The molecule has 1 N–H and O–H groups in total. The Bertz CT molecular complexity index is 527. The van der Waals surface area contributed by atoms with Crippen molar-refractivity contribution < 1.29 is 18.9 Å². The van der Waals surface area contributed by atoms with E-state index in [1.165, 1.54) is 7.11 Å². The number of benzene rings is 1. The summed E-state index contributed by atoms with van der Waals surface area (Å²) in [5.74, 6) is -0.827. The standard InChI is InChI=1S/C16H21NO4S/c1-4-5-13(10-14(18)11-16(19)21-3)17-22(20)15-8-6-12(2)7-9-15/h4-9,13,17H,10-11H2,1-3H3. The summed E-state index contributed by atoms with van der Waals surface area (Å²) in [4.78, 5) is 23.5. The summed E-state index contributed by atoms with van der Waals surface area (Å²) < 4.78 is 19.6. The maximum atomic E-state index is 12.3. The Morgan fingerprint density at radius 1 is 1.36 bits per heavy atom. The lowest BCUT2D eigenvalue weighted by Crippen LogP contribution is -2.35. The molecule has 120 valence electrons. The summed E-state index contributed by atoms with van der Waals surface area (Å²) in [7, 11) is 1.24. The molecule has 1 aromatic carbocycles. The highest BCUT2D eigenvalue weighted by molar-refractivity contribution is 7.89. The van der Waals surface area contributed by atoms with Gasteiger partial charge in [-0.25, -0.2) is 0 Å². The summed E-state index contributed by atoms with van der Waals surface area (Å²) in [5.41, 5.74) is 1.08. The van der Waals surface area contributed by atoms with Crippen molar-refractivity contribution in [3.63, 3.8) is 0 Å². The summed E-state index contributed by atoms with van der Waals surface area (Å²) in [6.45, 7) is 3.77. The molecule has 0 fully saturated rings. The van der Waals surface area contributed by atoms with E-state index in [1.807, 2.05) is 26.0 Å². The van der Waals surface area contributed by atoms with Gasteiger partial charge in [0.15, 0.2) is 4.90 Å². The van der Waals surface area contributed by atoms with Gasteiger partial charge >= 0.3 is 5.97 Å². The normalized spacial score (nSPS) is 13.8. The molecule has 0 amide bonds. The molecule has 1 aromatic rings. The lowest BCUT2D eigenvalue weighted by molar-refractivity contribution is -0.143. The number of carbonyl (C=O) groups excluding carboxylic acids is 2. The molecule has 1 rings (SSSR count). The van der Waals surface area contributed by atoms with E-state index < -0.39 is 23.4 Å². The molecular weight excluding hydrogens is 302 g/mol. The molecule has 0 saturated heterocycles. The molecule has 2 atom stereocenters. The number of aryl methyl sites for hydroxylation is 1. The van der Waals surface area contributed by atoms with Gasteiger partial charge in [-0.05, 0) is 26.0 Å². The summed E-state index contributed by atoms with van der Waals surface area (Å²) in [6, 6.07) is 6.91. The van der Waals surface area contributed by atoms with Crippen LogP contribution in [0.5, 0.6) is 0 Å². The zero-order chi connectivity index (χ0) is 16.5. The molecule has 0 spiro atoms. The van der Waals surface area contributed by atoms with Gasteiger partial charge in [-0.15, -0.1) is 4.72 Å². The van der Waals surface area contributed by atoms with Crippen molar-refractivity contribution in [1.82, 2.24) is 4.72 Å². The fraction of sp³-hybridized carbons (Fsp3) is 0.375. The van der Waals surface area contributed by atoms with Crippen molar-refractivity contribution in [2.24, 2.45) is 0 Å². The van der Waals surface area contributed by atoms with Crippen molar-refractivity contribution in [1.29, 1.82) is 0 Å². The smallest absolute Gasteiger partial charge is 0.313 e. The number of nitrogens with one attached hydrogen (secondary N) is 1. The van der Waals surface area contributed by atoms with Crippen LogP contribution in [0.3, 0.4) is 0 Å². The molecule has 0 radical (unpaired) electrons. The van der Waals surface area contributed by atoms with Gasteiger partial charge in [0.2, 0.25) is 0 Å². The predicted molar refractivity (Wildman–Crippen MR) is 85.6 cm³/mol. The average Bonchev–Trinajstić information content (AvgIpc) is 2.47. The molecule has 0 aliphatic heterocycles. The van der Waals surface area contributed by atoms with Crippen LogP contribution < -0.4 is 4.72 Å². The van der Waals surface area contributed by atoms with Gasteiger partial charge in [0.05, 0.1) is 24.5 Å². The Labute approximate surface area is 134 Å². The van der Waals surface area contributed by atoms with E-state index in [1.54, 1.807) is 24.3 Å². The summed E-state index contributed by atoms with van der Waals surface area (Å²) in [5, 5.41) is 0. The van der Waals surface area contributed by atoms with E-state index in [9.17, 15) is 14.1 Å². The van der Waals surface area contributed by atoms with Gasteiger partial charge in [-0.2, -0.15) is 0 Å². The first-order valence-electron chi connectivity index (χ1n) is 6.92. The van der Waals surface area contributed by atoms with Crippen molar-refractivity contribution in [2.75, 3.05) is 7.11 Å². The monoisotopic (exact) mass is 323 g/mol. The highest BCUT2D eigenvalue weighted by Gasteiger charge is 2.20. The molecule has 5 nitrogen and oxygen atoms in total. The first-order chi connectivity index (χ1) is 10.5. The van der Waals surface area contributed by atoms with E-state index in [0.29, 0.717) is 4.90 Å². The fourth-order valence-corrected chi connectivity index (χ4v) is 2.76. The highest BCUT2D eigenvalue weighted by atomic mass is 32.2. The van der Waals surface area contributed by atoms with Crippen LogP contribution in [0.4, 0.5) is 0 Å². The SMILES string of the molecule is CC=CC(CC(=O)CC(=O)OC)N[S+]([O-])c1ccc(C)cc1. The molecule has 0 saturated carbocycles. The molecule has 0 heterocycles. The Balaban J connectivity index is 2.65. The van der Waals surface area contributed by atoms with Gasteiger partial charge in [0.25, 0.3) is 0 Å². The molecule has 0 aromatic heterocycles. The van der Waals surface area contributed by atoms with Crippen LogP contribution >= 0.6 is 0 Å². The zero-order valence-electron chi connectivity index (χ0n) is 13.0. The quantitative estimate of drug-likeness (QED) is 0.343. The molecule has 0 aliphatic carbocycles. The van der Waals surface area contributed by atoms with Crippen molar-refractivity contribution in [3.8, 4) is 0 Å². The molecule has 6 heteroatoms. The van der Waals surface area contributed by atoms with Gasteiger partial charge in [-0.1, -0.05) is 29.8 Å². The lowest BCUT2D eigenvalue weighted by Gasteiger charge is -2.16. The largest absolute Gasteiger partial charge is 0.593 e. The summed E-state index contributed by atoms with van der Waals surface area (Å²) >= 11 is -1.42. The molecular formula is C16H21NO4S. The third-order valence-corrected chi connectivity index (χ3v) is 4.15. The molecule has 0 bridgehead atoms. The predicted octanol–water partition coefficient (Wildman–Crippen LogP) is 2.07. The first-order valence-corrected chi connectivity index (χ1v) is 8.07. The second-order valence-electron chi connectivity index (χ2n) is 4.83. The maximum absolute atomic E-state index is 12.3. The van der Waals surface area contributed by atoms with E-state index in [4.69, 9.17) is 0 Å². The third-order valence-electron chi connectivity index (χ3n) is 2.93. The Morgan fingerprint density at radius 3 is 2.55 bits per heavy atom. The Hall–Kier alpha value is -1.63. The van der Waals surface area contributed by atoms with E-state index >= 15 is 0 Å². The first kappa shape index (κ1) is 18.4. The minimum atomic E-state index is -1.42. The van der Waals surface area contributed by atoms with Gasteiger partial charge in [0.1, 0.15) is 12.2 Å².